The smallest absolute Gasteiger partial charge is 0.419 e. The quantitative estimate of drug-likeness (QED) is 0.776. The van der Waals surface area contributed by atoms with Crippen LogP contribution in [0.25, 0.3) is 0 Å². The van der Waals surface area contributed by atoms with Crippen LogP contribution < -0.4 is 0 Å². The summed E-state index contributed by atoms with van der Waals surface area (Å²) in [7, 11) is 0. The third kappa shape index (κ3) is 3.16. The van der Waals surface area contributed by atoms with Crippen LogP contribution in [-0.4, -0.2) is 40.7 Å². The second kappa shape index (κ2) is 6.27. The monoisotopic (exact) mass is 322 g/mol. The predicted octanol–water partition coefficient (Wildman–Crippen LogP) is 4.28. The summed E-state index contributed by atoms with van der Waals surface area (Å²) < 4.78 is 11.6. The summed E-state index contributed by atoms with van der Waals surface area (Å²) in [6.45, 7) is 14.4. The molecule has 0 N–H and O–H groups in total. The van der Waals surface area contributed by atoms with E-state index in [1.165, 1.54) is 0 Å². The van der Waals surface area contributed by atoms with Gasteiger partial charge in [0.15, 0.2) is 0 Å². The van der Waals surface area contributed by atoms with Gasteiger partial charge in [-0.2, -0.15) is 0 Å². The molecule has 2 aliphatic rings. The van der Waals surface area contributed by atoms with Gasteiger partial charge in [0, 0.05) is 5.57 Å². The average Bonchev–Trinajstić information content (AvgIpc) is 2.61. The van der Waals surface area contributed by atoms with E-state index in [0.29, 0.717) is 12.4 Å². The number of aliphatic imine (C=N–C) groups is 1. The number of nitrogens with zero attached hydrogens (tertiary/aromatic N) is 2. The first kappa shape index (κ1) is 18.0. The normalized spacial score (nSPS) is 25.3. The van der Waals surface area contributed by atoms with Gasteiger partial charge in [0.1, 0.15) is 11.4 Å². The maximum atomic E-state index is 12.5. The van der Waals surface area contributed by atoms with E-state index in [9.17, 15) is 4.79 Å². The molecule has 2 heterocycles. The molecule has 0 spiro atoms. The highest BCUT2D eigenvalue weighted by molar-refractivity contribution is 5.98. The van der Waals surface area contributed by atoms with Crippen LogP contribution in [0.15, 0.2) is 16.3 Å². The lowest BCUT2D eigenvalue weighted by molar-refractivity contribution is -0.0623. The molecule has 0 bridgehead atoms. The van der Waals surface area contributed by atoms with Gasteiger partial charge in [0.2, 0.25) is 0 Å². The molecule has 0 saturated carbocycles. The van der Waals surface area contributed by atoms with Gasteiger partial charge in [-0.25, -0.2) is 9.69 Å². The first-order valence-corrected chi connectivity index (χ1v) is 8.62. The van der Waals surface area contributed by atoms with Gasteiger partial charge in [-0.3, -0.25) is 4.99 Å². The van der Waals surface area contributed by atoms with Crippen LogP contribution in [0.2, 0.25) is 0 Å². The standard InChI is InChI=1S/C18H30N2O3/c1-8-10-11-13-14-15(18(6,7)23-17(14,4)5)20(12(3)19-13)16(21)22-9-2/h13H,8-11H2,1-7H3. The first-order chi connectivity index (χ1) is 10.7. The van der Waals surface area contributed by atoms with Crippen LogP contribution in [0.4, 0.5) is 4.79 Å². The fourth-order valence-corrected chi connectivity index (χ4v) is 3.83. The minimum absolute atomic E-state index is 0.0763. The van der Waals surface area contributed by atoms with Crippen molar-refractivity contribution in [1.82, 2.24) is 4.90 Å². The summed E-state index contributed by atoms with van der Waals surface area (Å²) in [5.74, 6) is 0.692. The molecule has 5 nitrogen and oxygen atoms in total. The Morgan fingerprint density at radius 2 is 1.91 bits per heavy atom. The highest BCUT2D eigenvalue weighted by Gasteiger charge is 2.53. The van der Waals surface area contributed by atoms with E-state index in [1.807, 2.05) is 27.7 Å². The van der Waals surface area contributed by atoms with Gasteiger partial charge in [0.25, 0.3) is 0 Å². The number of hydrogen-bond acceptors (Lipinski definition) is 4. The second-order valence-corrected chi connectivity index (χ2v) is 7.25. The molecule has 130 valence electrons. The van der Waals surface area contributed by atoms with E-state index in [1.54, 1.807) is 4.90 Å². The molecule has 0 aromatic heterocycles. The zero-order valence-electron chi connectivity index (χ0n) is 15.5. The number of rotatable bonds is 4. The van der Waals surface area contributed by atoms with Gasteiger partial charge in [-0.15, -0.1) is 0 Å². The van der Waals surface area contributed by atoms with Crippen molar-refractivity contribution in [3.05, 3.63) is 11.3 Å². The fourth-order valence-electron chi connectivity index (χ4n) is 3.83. The van der Waals surface area contributed by atoms with Gasteiger partial charge in [-0.1, -0.05) is 19.8 Å². The van der Waals surface area contributed by atoms with Crippen molar-refractivity contribution in [2.24, 2.45) is 4.99 Å². The number of unbranched alkanes of at least 4 members (excludes halogenated alkanes) is 1. The van der Waals surface area contributed by atoms with Crippen molar-refractivity contribution in [3.8, 4) is 0 Å². The molecule has 0 aromatic carbocycles. The number of amides is 1. The maximum absolute atomic E-state index is 12.5. The molecule has 0 aromatic rings. The largest absolute Gasteiger partial charge is 0.449 e. The number of hydrogen-bond donors (Lipinski definition) is 0. The van der Waals surface area contributed by atoms with E-state index >= 15 is 0 Å². The Labute approximate surface area is 139 Å². The molecular formula is C18H30N2O3. The van der Waals surface area contributed by atoms with Crippen molar-refractivity contribution in [2.75, 3.05) is 6.61 Å². The fraction of sp³-hybridized carbons (Fsp3) is 0.778. The Morgan fingerprint density at radius 1 is 1.26 bits per heavy atom. The Morgan fingerprint density at radius 3 is 2.48 bits per heavy atom. The van der Waals surface area contributed by atoms with E-state index in [0.717, 1.165) is 30.5 Å². The first-order valence-electron chi connectivity index (χ1n) is 8.62. The van der Waals surface area contributed by atoms with E-state index in [4.69, 9.17) is 14.5 Å². The molecule has 0 radical (unpaired) electrons. The van der Waals surface area contributed by atoms with Crippen LogP contribution in [0.1, 0.15) is 67.7 Å². The van der Waals surface area contributed by atoms with Gasteiger partial charge in [0.05, 0.1) is 23.9 Å². The molecule has 2 aliphatic heterocycles. The zero-order chi connectivity index (χ0) is 17.4. The summed E-state index contributed by atoms with van der Waals surface area (Å²) in [5, 5.41) is 0. The van der Waals surface area contributed by atoms with Crippen LogP contribution in [0.5, 0.6) is 0 Å². The van der Waals surface area contributed by atoms with Crippen LogP contribution in [0.3, 0.4) is 0 Å². The molecule has 2 rings (SSSR count). The van der Waals surface area contributed by atoms with Gasteiger partial charge >= 0.3 is 6.09 Å². The molecule has 1 atom stereocenters. The summed E-state index contributed by atoms with van der Waals surface area (Å²) in [6.07, 6.45) is 2.84. The Balaban J connectivity index is 2.53. The van der Waals surface area contributed by atoms with Gasteiger partial charge in [-0.05, 0) is 48.0 Å². The molecular weight excluding hydrogens is 292 g/mol. The van der Waals surface area contributed by atoms with Crippen molar-refractivity contribution < 1.29 is 14.3 Å². The summed E-state index contributed by atoms with van der Waals surface area (Å²) >= 11 is 0. The summed E-state index contributed by atoms with van der Waals surface area (Å²) in [4.78, 5) is 18.9. The van der Waals surface area contributed by atoms with Crippen LogP contribution >= 0.6 is 0 Å². The van der Waals surface area contributed by atoms with Gasteiger partial charge < -0.3 is 9.47 Å². The molecule has 23 heavy (non-hydrogen) atoms. The molecule has 5 heteroatoms. The molecule has 0 saturated heterocycles. The summed E-state index contributed by atoms with van der Waals surface area (Å²) in [6, 6.07) is 0.0763. The molecule has 0 fully saturated rings. The lowest BCUT2D eigenvalue weighted by atomic mass is 9.85. The topological polar surface area (TPSA) is 51.1 Å². The Hall–Kier alpha value is -1.36. The van der Waals surface area contributed by atoms with Crippen LogP contribution in [-0.2, 0) is 9.47 Å². The average molecular weight is 322 g/mol. The highest BCUT2D eigenvalue weighted by Crippen LogP contribution is 2.48. The third-order valence-electron chi connectivity index (χ3n) is 4.49. The lowest BCUT2D eigenvalue weighted by Crippen LogP contribution is -2.45. The maximum Gasteiger partial charge on any atom is 0.419 e. The molecule has 0 aliphatic carbocycles. The Kier molecular flexibility index (Phi) is 4.90. The van der Waals surface area contributed by atoms with Crippen molar-refractivity contribution in [3.63, 3.8) is 0 Å². The number of carbonyl (C=O) groups excluding carboxylic acids is 1. The minimum atomic E-state index is -0.548. The van der Waals surface area contributed by atoms with Crippen molar-refractivity contribution in [2.45, 2.75) is 85.0 Å². The lowest BCUT2D eigenvalue weighted by Gasteiger charge is -2.35. The van der Waals surface area contributed by atoms with E-state index in [-0.39, 0.29) is 12.1 Å². The zero-order valence-corrected chi connectivity index (χ0v) is 15.5. The predicted molar refractivity (Wildman–Crippen MR) is 91.6 cm³/mol. The van der Waals surface area contributed by atoms with E-state index < -0.39 is 11.2 Å². The highest BCUT2D eigenvalue weighted by atomic mass is 16.6. The molecule has 1 unspecified atom stereocenters. The Bertz CT molecular complexity index is 546. The number of amidine groups is 1. The summed E-state index contributed by atoms with van der Waals surface area (Å²) in [5.41, 5.74) is 1.04. The van der Waals surface area contributed by atoms with Crippen molar-refractivity contribution >= 4 is 11.9 Å². The SMILES string of the molecule is CCCCC1N=C(C)N(C(=O)OCC)C2=C1C(C)(C)OC2(C)C. The number of carbonyl (C=O) groups is 1. The molecule has 1 amide bonds. The van der Waals surface area contributed by atoms with Crippen LogP contribution in [0, 0.1) is 0 Å². The minimum Gasteiger partial charge on any atom is -0.449 e. The van der Waals surface area contributed by atoms with E-state index in [2.05, 4.69) is 20.8 Å². The van der Waals surface area contributed by atoms with Crippen molar-refractivity contribution in [1.29, 1.82) is 0 Å². The number of ether oxygens (including phenoxy) is 2. The second-order valence-electron chi connectivity index (χ2n) is 7.25. The third-order valence-corrected chi connectivity index (χ3v) is 4.49.